The number of nitrogens with one attached hydrogen (secondary N) is 1. The third-order valence-corrected chi connectivity index (χ3v) is 5.57. The number of hydrogen-bond donors (Lipinski definition) is 1. The summed E-state index contributed by atoms with van der Waals surface area (Å²) in [5.41, 5.74) is 6.75. The van der Waals surface area contributed by atoms with Crippen molar-refractivity contribution in [3.8, 4) is 22.3 Å². The van der Waals surface area contributed by atoms with Gasteiger partial charge in [0.1, 0.15) is 5.82 Å². The van der Waals surface area contributed by atoms with Crippen molar-refractivity contribution in [2.45, 2.75) is 31.7 Å². The van der Waals surface area contributed by atoms with Crippen molar-refractivity contribution >= 4 is 17.2 Å². The molecular weight excluding hydrogens is 342 g/mol. The maximum absolute atomic E-state index is 4.93. The molecule has 4 aromatic rings. The van der Waals surface area contributed by atoms with Gasteiger partial charge in [-0.1, -0.05) is 85.6 Å². The molecule has 0 amide bonds. The van der Waals surface area contributed by atoms with E-state index in [1.165, 1.54) is 42.4 Å². The average molecular weight is 365 g/mol. The first kappa shape index (κ1) is 16.9. The van der Waals surface area contributed by atoms with E-state index in [4.69, 9.17) is 9.98 Å². The lowest BCUT2D eigenvalue weighted by atomic mass is 9.98. The summed E-state index contributed by atoms with van der Waals surface area (Å²) in [5.74, 6) is 0.836. The van der Waals surface area contributed by atoms with Crippen LogP contribution in [0.2, 0.25) is 0 Å². The summed E-state index contributed by atoms with van der Waals surface area (Å²) in [6.45, 7) is 0. The summed E-state index contributed by atoms with van der Waals surface area (Å²) in [4.78, 5) is 13.2. The molecule has 1 fully saturated rings. The van der Waals surface area contributed by atoms with Crippen LogP contribution in [0.3, 0.4) is 0 Å². The zero-order valence-corrected chi connectivity index (χ0v) is 15.8. The van der Waals surface area contributed by atoms with Gasteiger partial charge in [0.15, 0.2) is 0 Å². The standard InChI is InChI=1S/C25H23N3/c1-3-9-18(10-4-1)21-15-16-22(19-11-5-2-6-12-19)25-24(21)27-23(28-25)17-26-20-13-7-8-14-20/h1-6,9-12,15-17,20H,7-8,13-14H2,(H,27,28)/b26-17+. The molecule has 138 valence electrons. The van der Waals surface area contributed by atoms with E-state index in [2.05, 4.69) is 65.6 Å². The molecule has 1 heterocycles. The first-order valence-corrected chi connectivity index (χ1v) is 10.1. The average Bonchev–Trinajstić information content (AvgIpc) is 3.42. The number of nitrogens with zero attached hydrogens (tertiary/aromatic N) is 2. The second-order valence-electron chi connectivity index (χ2n) is 7.45. The van der Waals surface area contributed by atoms with E-state index < -0.39 is 0 Å². The molecule has 0 atom stereocenters. The fourth-order valence-corrected chi connectivity index (χ4v) is 4.11. The highest BCUT2D eigenvalue weighted by Crippen LogP contribution is 2.34. The Morgan fingerprint density at radius 2 is 1.39 bits per heavy atom. The van der Waals surface area contributed by atoms with Gasteiger partial charge in [-0.15, -0.1) is 0 Å². The maximum atomic E-state index is 4.93. The van der Waals surface area contributed by atoms with Crippen LogP contribution < -0.4 is 0 Å². The van der Waals surface area contributed by atoms with E-state index in [9.17, 15) is 0 Å². The highest BCUT2D eigenvalue weighted by Gasteiger charge is 2.15. The smallest absolute Gasteiger partial charge is 0.149 e. The Kier molecular flexibility index (Phi) is 4.50. The van der Waals surface area contributed by atoms with Crippen LogP contribution in [0.4, 0.5) is 0 Å². The maximum Gasteiger partial charge on any atom is 0.149 e. The van der Waals surface area contributed by atoms with Crippen LogP contribution in [-0.4, -0.2) is 22.2 Å². The van der Waals surface area contributed by atoms with E-state index in [0.717, 1.165) is 22.4 Å². The van der Waals surface area contributed by atoms with Crippen LogP contribution in [0, 0.1) is 0 Å². The van der Waals surface area contributed by atoms with E-state index >= 15 is 0 Å². The Morgan fingerprint density at radius 1 is 0.786 bits per heavy atom. The van der Waals surface area contributed by atoms with Gasteiger partial charge in [0.2, 0.25) is 0 Å². The fourth-order valence-electron chi connectivity index (χ4n) is 4.11. The molecule has 0 radical (unpaired) electrons. The van der Waals surface area contributed by atoms with Crippen molar-refractivity contribution in [1.82, 2.24) is 9.97 Å². The van der Waals surface area contributed by atoms with Gasteiger partial charge in [0.05, 0.1) is 23.3 Å². The fraction of sp³-hybridized carbons (Fsp3) is 0.200. The van der Waals surface area contributed by atoms with E-state index in [1.807, 2.05) is 18.3 Å². The molecule has 1 aromatic heterocycles. The molecule has 1 saturated carbocycles. The molecule has 0 aliphatic heterocycles. The zero-order chi connectivity index (χ0) is 18.8. The topological polar surface area (TPSA) is 41.0 Å². The van der Waals surface area contributed by atoms with Gasteiger partial charge in [0.25, 0.3) is 0 Å². The van der Waals surface area contributed by atoms with Crippen LogP contribution in [-0.2, 0) is 0 Å². The van der Waals surface area contributed by atoms with Gasteiger partial charge in [0, 0.05) is 11.1 Å². The molecule has 1 aliphatic rings. The van der Waals surface area contributed by atoms with Gasteiger partial charge in [-0.05, 0) is 24.0 Å². The summed E-state index contributed by atoms with van der Waals surface area (Å²) in [7, 11) is 0. The summed E-state index contributed by atoms with van der Waals surface area (Å²) in [5, 5.41) is 0. The Morgan fingerprint density at radius 3 is 2.07 bits per heavy atom. The molecule has 1 N–H and O–H groups in total. The van der Waals surface area contributed by atoms with Crippen molar-refractivity contribution in [1.29, 1.82) is 0 Å². The van der Waals surface area contributed by atoms with Crippen LogP contribution >= 0.6 is 0 Å². The first-order valence-electron chi connectivity index (χ1n) is 10.1. The van der Waals surface area contributed by atoms with E-state index in [1.54, 1.807) is 0 Å². The van der Waals surface area contributed by atoms with Crippen LogP contribution in [0.1, 0.15) is 31.5 Å². The number of fused-ring (bicyclic) bond motifs is 1. The molecule has 1 aliphatic carbocycles. The Balaban J connectivity index is 1.65. The van der Waals surface area contributed by atoms with E-state index in [-0.39, 0.29) is 0 Å². The van der Waals surface area contributed by atoms with Gasteiger partial charge >= 0.3 is 0 Å². The number of imidazole rings is 1. The molecule has 0 spiro atoms. The molecule has 0 bridgehead atoms. The number of rotatable bonds is 4. The highest BCUT2D eigenvalue weighted by molar-refractivity contribution is 6.02. The summed E-state index contributed by atoms with van der Waals surface area (Å²) in [6, 6.07) is 25.8. The van der Waals surface area contributed by atoms with Crippen molar-refractivity contribution in [2.24, 2.45) is 4.99 Å². The Labute approximate surface area is 165 Å². The number of benzene rings is 3. The number of aromatic amines is 1. The zero-order valence-electron chi connectivity index (χ0n) is 15.8. The molecule has 28 heavy (non-hydrogen) atoms. The quantitative estimate of drug-likeness (QED) is 0.426. The Hall–Kier alpha value is -3.20. The number of hydrogen-bond acceptors (Lipinski definition) is 2. The van der Waals surface area contributed by atoms with E-state index in [0.29, 0.717) is 6.04 Å². The van der Waals surface area contributed by atoms with Crippen molar-refractivity contribution in [3.05, 3.63) is 78.6 Å². The second-order valence-corrected chi connectivity index (χ2v) is 7.45. The first-order chi connectivity index (χ1) is 13.9. The highest BCUT2D eigenvalue weighted by atomic mass is 14.9. The van der Waals surface area contributed by atoms with Gasteiger partial charge < -0.3 is 4.98 Å². The number of aromatic nitrogens is 2. The van der Waals surface area contributed by atoms with Crippen molar-refractivity contribution in [3.63, 3.8) is 0 Å². The van der Waals surface area contributed by atoms with Crippen molar-refractivity contribution in [2.75, 3.05) is 0 Å². The van der Waals surface area contributed by atoms with Crippen LogP contribution in [0.25, 0.3) is 33.3 Å². The van der Waals surface area contributed by atoms with Crippen LogP contribution in [0.5, 0.6) is 0 Å². The number of H-pyrrole nitrogens is 1. The molecule has 0 saturated heterocycles. The minimum Gasteiger partial charge on any atom is -0.337 e. The minimum absolute atomic E-state index is 0.454. The predicted molar refractivity (Wildman–Crippen MR) is 117 cm³/mol. The van der Waals surface area contributed by atoms with Gasteiger partial charge in [-0.25, -0.2) is 4.98 Å². The van der Waals surface area contributed by atoms with Crippen molar-refractivity contribution < 1.29 is 0 Å². The molecule has 3 nitrogen and oxygen atoms in total. The number of aliphatic imine (C=N–C) groups is 1. The molecule has 5 rings (SSSR count). The molecule has 0 unspecified atom stereocenters. The lowest BCUT2D eigenvalue weighted by Crippen LogP contribution is -1.97. The predicted octanol–water partition coefficient (Wildman–Crippen LogP) is 6.26. The SMILES string of the molecule is C(=N\C1CCCC1)/c1nc2c(-c3ccccc3)ccc(-c3ccccc3)c2[nH]1. The molecule has 3 aromatic carbocycles. The Bertz CT molecular complexity index is 1030. The summed E-state index contributed by atoms with van der Waals surface area (Å²) < 4.78 is 0. The lowest BCUT2D eigenvalue weighted by molar-refractivity contribution is 0.709. The molecular formula is C25H23N3. The molecule has 3 heteroatoms. The van der Waals surface area contributed by atoms with Crippen LogP contribution in [0.15, 0.2) is 77.8 Å². The monoisotopic (exact) mass is 365 g/mol. The lowest BCUT2D eigenvalue weighted by Gasteiger charge is -2.07. The second kappa shape index (κ2) is 7.43. The minimum atomic E-state index is 0.454. The summed E-state index contributed by atoms with van der Waals surface area (Å²) >= 11 is 0. The third-order valence-electron chi connectivity index (χ3n) is 5.57. The summed E-state index contributed by atoms with van der Waals surface area (Å²) in [6.07, 6.45) is 6.90. The van der Waals surface area contributed by atoms with Gasteiger partial charge in [-0.2, -0.15) is 0 Å². The largest absolute Gasteiger partial charge is 0.337 e. The third kappa shape index (κ3) is 3.24. The normalized spacial score (nSPS) is 15.0. The van der Waals surface area contributed by atoms with Gasteiger partial charge in [-0.3, -0.25) is 4.99 Å².